The number of benzene rings is 1. The fraction of sp³-hybridized carbons (Fsp3) is 0.333. The Bertz CT molecular complexity index is 1090. The Morgan fingerprint density at radius 1 is 1.16 bits per heavy atom. The van der Waals surface area contributed by atoms with Gasteiger partial charge in [0.1, 0.15) is 10.7 Å². The van der Waals surface area contributed by atoms with Gasteiger partial charge in [-0.3, -0.25) is 9.78 Å². The van der Waals surface area contributed by atoms with Crippen LogP contribution < -0.4 is 5.32 Å². The number of aromatic nitrogens is 2. The summed E-state index contributed by atoms with van der Waals surface area (Å²) in [5.74, 6) is -1.27. The topological polar surface area (TPSA) is 101 Å². The van der Waals surface area contributed by atoms with Crippen LogP contribution in [0.1, 0.15) is 46.0 Å². The van der Waals surface area contributed by atoms with Crippen molar-refractivity contribution in [3.63, 3.8) is 0 Å². The van der Waals surface area contributed by atoms with Gasteiger partial charge in [-0.25, -0.2) is 9.78 Å². The van der Waals surface area contributed by atoms with Crippen LogP contribution in [0, 0.1) is 13.8 Å². The number of pyridine rings is 1. The molecule has 7 nitrogen and oxygen atoms in total. The van der Waals surface area contributed by atoms with E-state index in [0.717, 1.165) is 21.0 Å². The molecule has 1 atom stereocenters. The summed E-state index contributed by atoms with van der Waals surface area (Å²) >= 11 is 1.48. The first-order valence-corrected chi connectivity index (χ1v) is 11.2. The molecule has 3 aromatic rings. The van der Waals surface area contributed by atoms with Crippen LogP contribution in [0.4, 0.5) is 0 Å². The van der Waals surface area contributed by atoms with Crippen molar-refractivity contribution in [2.45, 2.75) is 52.9 Å². The van der Waals surface area contributed by atoms with Crippen molar-refractivity contribution >= 4 is 23.2 Å². The number of amides is 1. The normalized spacial score (nSPS) is 12.0. The second-order valence-corrected chi connectivity index (χ2v) is 9.05. The third kappa shape index (κ3) is 6.21. The zero-order valence-electron chi connectivity index (χ0n) is 18.6. The summed E-state index contributed by atoms with van der Waals surface area (Å²) in [6.45, 7) is 7.72. The minimum absolute atomic E-state index is 0.192. The zero-order valence-corrected chi connectivity index (χ0v) is 19.4. The molecule has 2 heterocycles. The fourth-order valence-electron chi connectivity index (χ4n) is 3.17. The van der Waals surface area contributed by atoms with Gasteiger partial charge in [-0.1, -0.05) is 29.8 Å². The fourth-order valence-corrected chi connectivity index (χ4v) is 4.09. The van der Waals surface area contributed by atoms with Crippen LogP contribution in [-0.2, 0) is 22.5 Å². The molecule has 0 spiro atoms. The number of aliphatic carboxylic acids is 1. The molecule has 3 rings (SSSR count). The summed E-state index contributed by atoms with van der Waals surface area (Å²) in [5, 5.41) is 13.0. The molecule has 0 aliphatic carbocycles. The van der Waals surface area contributed by atoms with Crippen LogP contribution in [0.2, 0.25) is 0 Å². The van der Waals surface area contributed by atoms with Crippen molar-refractivity contribution in [2.24, 2.45) is 0 Å². The number of carbonyl (C=O) groups excluding carboxylic acids is 1. The van der Waals surface area contributed by atoms with E-state index in [1.54, 1.807) is 32.2 Å². The molecule has 8 heteroatoms. The number of nitrogens with zero attached hydrogens (tertiary/aromatic N) is 2. The molecule has 0 fully saturated rings. The van der Waals surface area contributed by atoms with E-state index in [9.17, 15) is 14.7 Å². The molecule has 0 aliphatic heterocycles. The van der Waals surface area contributed by atoms with Gasteiger partial charge in [0.25, 0.3) is 5.91 Å². The number of nitrogens with one attached hydrogen (secondary N) is 1. The number of aryl methyl sites for hydroxylation is 2. The van der Waals surface area contributed by atoms with Gasteiger partial charge in [-0.2, -0.15) is 0 Å². The van der Waals surface area contributed by atoms with E-state index in [4.69, 9.17) is 4.74 Å². The molecule has 2 N–H and O–H groups in total. The predicted octanol–water partition coefficient (Wildman–Crippen LogP) is 4.17. The molecule has 1 amide bonds. The molecule has 0 bridgehead atoms. The van der Waals surface area contributed by atoms with Gasteiger partial charge in [-0.15, -0.1) is 11.3 Å². The Hall–Kier alpha value is -3.10. The van der Waals surface area contributed by atoms with Gasteiger partial charge in [0.15, 0.2) is 6.10 Å². The minimum atomic E-state index is -1.01. The molecular formula is C24H27N3O4S. The second kappa shape index (κ2) is 10.5. The quantitative estimate of drug-likeness (QED) is 0.504. The van der Waals surface area contributed by atoms with E-state index >= 15 is 0 Å². The highest BCUT2D eigenvalue weighted by molar-refractivity contribution is 7.15. The van der Waals surface area contributed by atoms with Crippen molar-refractivity contribution in [3.05, 3.63) is 70.0 Å². The lowest BCUT2D eigenvalue weighted by Gasteiger charge is -2.16. The van der Waals surface area contributed by atoms with Crippen molar-refractivity contribution in [1.82, 2.24) is 15.3 Å². The van der Waals surface area contributed by atoms with Gasteiger partial charge in [0.2, 0.25) is 0 Å². The van der Waals surface area contributed by atoms with E-state index in [1.807, 2.05) is 38.1 Å². The van der Waals surface area contributed by atoms with Gasteiger partial charge >= 0.3 is 5.97 Å². The number of hydrogen-bond donors (Lipinski definition) is 2. The number of hydrogen-bond acceptors (Lipinski definition) is 6. The minimum Gasteiger partial charge on any atom is -0.479 e. The van der Waals surface area contributed by atoms with E-state index < -0.39 is 12.1 Å². The number of carboxylic acids is 1. The monoisotopic (exact) mass is 453 g/mol. The van der Waals surface area contributed by atoms with Gasteiger partial charge < -0.3 is 15.2 Å². The lowest BCUT2D eigenvalue weighted by molar-refractivity contribution is -0.153. The maximum absolute atomic E-state index is 12.7. The van der Waals surface area contributed by atoms with E-state index in [-0.39, 0.29) is 25.0 Å². The summed E-state index contributed by atoms with van der Waals surface area (Å²) in [5.41, 5.74) is 3.96. The molecule has 1 unspecified atom stereocenters. The predicted molar refractivity (Wildman–Crippen MR) is 124 cm³/mol. The highest BCUT2D eigenvalue weighted by Gasteiger charge is 2.21. The van der Waals surface area contributed by atoms with Crippen LogP contribution in [0.25, 0.3) is 10.6 Å². The third-order valence-electron chi connectivity index (χ3n) is 4.75. The molecule has 0 radical (unpaired) electrons. The first kappa shape index (κ1) is 23.6. The standard InChI is InChI=1S/C24H27N3O4S/c1-14(2)31-20(24(29)30)12-17-9-10-25-19(11-17)13-26-22(28)21-16(4)32-23(27-21)18-7-5-15(3)6-8-18/h5-11,14,20H,12-13H2,1-4H3,(H,26,28)(H,29,30). The summed E-state index contributed by atoms with van der Waals surface area (Å²) < 4.78 is 5.47. The average molecular weight is 454 g/mol. The van der Waals surface area contributed by atoms with Crippen LogP contribution in [-0.4, -0.2) is 39.2 Å². The maximum Gasteiger partial charge on any atom is 0.333 e. The lowest BCUT2D eigenvalue weighted by Crippen LogP contribution is -2.29. The largest absolute Gasteiger partial charge is 0.479 e. The van der Waals surface area contributed by atoms with Crippen LogP contribution in [0.15, 0.2) is 42.6 Å². The SMILES string of the molecule is Cc1ccc(-c2nc(C(=O)NCc3cc(CC(OC(C)C)C(=O)O)ccn3)c(C)s2)cc1. The Kier molecular flexibility index (Phi) is 7.71. The van der Waals surface area contributed by atoms with Crippen molar-refractivity contribution < 1.29 is 19.4 Å². The van der Waals surface area contributed by atoms with E-state index in [0.29, 0.717) is 11.4 Å². The Labute approximate surface area is 191 Å². The first-order chi connectivity index (χ1) is 15.2. The molecule has 0 aliphatic rings. The Balaban J connectivity index is 1.66. The van der Waals surface area contributed by atoms with Crippen molar-refractivity contribution in [2.75, 3.05) is 0 Å². The molecule has 0 saturated heterocycles. The van der Waals surface area contributed by atoms with Gasteiger partial charge in [-0.05, 0) is 45.4 Å². The number of rotatable bonds is 9. The number of carbonyl (C=O) groups is 2. The summed E-state index contributed by atoms with van der Waals surface area (Å²) in [6.07, 6.45) is 0.706. The van der Waals surface area contributed by atoms with Gasteiger partial charge in [0, 0.05) is 23.1 Å². The third-order valence-corrected chi connectivity index (χ3v) is 5.77. The molecule has 32 heavy (non-hydrogen) atoms. The van der Waals surface area contributed by atoms with E-state index in [2.05, 4.69) is 15.3 Å². The van der Waals surface area contributed by atoms with Crippen LogP contribution in [0.3, 0.4) is 0 Å². The van der Waals surface area contributed by atoms with Gasteiger partial charge in [0.05, 0.1) is 18.3 Å². The van der Waals surface area contributed by atoms with E-state index in [1.165, 1.54) is 16.9 Å². The molecule has 0 saturated carbocycles. The number of thiazole rings is 1. The molecular weight excluding hydrogens is 426 g/mol. The highest BCUT2D eigenvalue weighted by Crippen LogP contribution is 2.27. The molecule has 2 aromatic heterocycles. The van der Waals surface area contributed by atoms with Crippen LogP contribution in [0.5, 0.6) is 0 Å². The second-order valence-electron chi connectivity index (χ2n) is 7.84. The first-order valence-electron chi connectivity index (χ1n) is 10.4. The molecule has 168 valence electrons. The number of ether oxygens (including phenoxy) is 1. The smallest absolute Gasteiger partial charge is 0.333 e. The van der Waals surface area contributed by atoms with Crippen molar-refractivity contribution in [3.8, 4) is 10.6 Å². The highest BCUT2D eigenvalue weighted by atomic mass is 32.1. The maximum atomic E-state index is 12.7. The summed E-state index contributed by atoms with van der Waals surface area (Å²) in [4.78, 5) is 33.8. The van der Waals surface area contributed by atoms with Crippen molar-refractivity contribution in [1.29, 1.82) is 0 Å². The number of carboxylic acid groups (broad SMARTS) is 1. The Morgan fingerprint density at radius 3 is 2.53 bits per heavy atom. The summed E-state index contributed by atoms with van der Waals surface area (Å²) in [6, 6.07) is 11.6. The average Bonchev–Trinajstić information content (AvgIpc) is 3.13. The van der Waals surface area contributed by atoms with Crippen LogP contribution >= 0.6 is 11.3 Å². The lowest BCUT2D eigenvalue weighted by atomic mass is 10.1. The zero-order chi connectivity index (χ0) is 23.3. The molecule has 1 aromatic carbocycles. The Morgan fingerprint density at radius 2 is 1.88 bits per heavy atom. The summed E-state index contributed by atoms with van der Waals surface area (Å²) in [7, 11) is 0.